The largest absolute Gasteiger partial charge is 0.454 e. The van der Waals surface area contributed by atoms with Gasteiger partial charge in [0.05, 0.1) is 11.0 Å². The molecule has 6 heteroatoms. The van der Waals surface area contributed by atoms with Crippen molar-refractivity contribution in [1.29, 1.82) is 0 Å². The van der Waals surface area contributed by atoms with Crippen molar-refractivity contribution in [2.75, 3.05) is 13.7 Å². The zero-order valence-electron chi connectivity index (χ0n) is 13.1. The summed E-state index contributed by atoms with van der Waals surface area (Å²) in [5, 5.41) is 3.46. The molecule has 24 heavy (non-hydrogen) atoms. The van der Waals surface area contributed by atoms with Gasteiger partial charge in [-0.15, -0.1) is 0 Å². The number of aromatic nitrogens is 1. The molecule has 0 aliphatic rings. The average Bonchev–Trinajstić information content (AvgIpc) is 2.63. The van der Waals surface area contributed by atoms with E-state index in [1.165, 1.54) is 7.05 Å². The van der Waals surface area contributed by atoms with Gasteiger partial charge in [0.25, 0.3) is 5.91 Å². The third-order valence-corrected chi connectivity index (χ3v) is 3.81. The molecule has 0 atom stereocenters. The van der Waals surface area contributed by atoms with E-state index >= 15 is 0 Å². The molecular weight excluding hydrogens is 308 g/mol. The van der Waals surface area contributed by atoms with Gasteiger partial charge in [0.2, 0.25) is 0 Å². The standard InChI is InChI=1S/C18H16N2O4/c1-19-16(21)11-24-17(22)10-20-14-8-4-2-6-12(14)18(23)13-7-3-5-9-15(13)20/h2-9H,10-11H2,1H3,(H,19,21). The number of esters is 1. The SMILES string of the molecule is CNC(=O)COC(=O)Cn1c2ccccc2c(=O)c2ccccc21. The van der Waals surface area contributed by atoms with Crippen molar-refractivity contribution < 1.29 is 14.3 Å². The first kappa shape index (κ1) is 15.7. The Kier molecular flexibility index (Phi) is 4.29. The second-order valence-corrected chi connectivity index (χ2v) is 5.28. The number of fused-ring (bicyclic) bond motifs is 2. The smallest absolute Gasteiger partial charge is 0.326 e. The van der Waals surface area contributed by atoms with E-state index in [1.54, 1.807) is 41.0 Å². The normalized spacial score (nSPS) is 10.7. The highest BCUT2D eigenvalue weighted by molar-refractivity contribution is 5.94. The van der Waals surface area contributed by atoms with Crippen LogP contribution in [0, 0.1) is 0 Å². The minimum atomic E-state index is -0.544. The summed E-state index contributed by atoms with van der Waals surface area (Å²) in [6.07, 6.45) is 0. The fourth-order valence-electron chi connectivity index (χ4n) is 2.64. The van der Waals surface area contributed by atoms with Gasteiger partial charge in [-0.05, 0) is 24.3 Å². The molecule has 1 N–H and O–H groups in total. The minimum Gasteiger partial charge on any atom is -0.454 e. The summed E-state index contributed by atoms with van der Waals surface area (Å²) in [5.74, 6) is -0.921. The van der Waals surface area contributed by atoms with Crippen molar-refractivity contribution in [3.8, 4) is 0 Å². The van der Waals surface area contributed by atoms with Gasteiger partial charge in [0, 0.05) is 17.8 Å². The molecular formula is C18H16N2O4. The number of nitrogens with one attached hydrogen (secondary N) is 1. The lowest BCUT2D eigenvalue weighted by atomic mass is 10.1. The van der Waals surface area contributed by atoms with Gasteiger partial charge in [-0.2, -0.15) is 0 Å². The van der Waals surface area contributed by atoms with Crippen LogP contribution in [0.4, 0.5) is 0 Å². The summed E-state index contributed by atoms with van der Waals surface area (Å²) in [7, 11) is 1.47. The zero-order chi connectivity index (χ0) is 17.1. The molecule has 0 unspecified atom stereocenters. The van der Waals surface area contributed by atoms with Crippen LogP contribution in [-0.2, 0) is 20.9 Å². The summed E-state index contributed by atoms with van der Waals surface area (Å²) < 4.78 is 6.71. The molecule has 1 aromatic heterocycles. The number of carbonyl (C=O) groups excluding carboxylic acids is 2. The molecule has 0 radical (unpaired) electrons. The number of amides is 1. The number of pyridine rings is 1. The first-order valence-electron chi connectivity index (χ1n) is 7.48. The maximum atomic E-state index is 12.6. The van der Waals surface area contributed by atoms with Crippen LogP contribution in [0.3, 0.4) is 0 Å². The van der Waals surface area contributed by atoms with Gasteiger partial charge in [0.1, 0.15) is 6.54 Å². The van der Waals surface area contributed by atoms with Gasteiger partial charge in [0.15, 0.2) is 12.0 Å². The van der Waals surface area contributed by atoms with Crippen molar-refractivity contribution in [2.24, 2.45) is 0 Å². The number of hydrogen-bond donors (Lipinski definition) is 1. The van der Waals surface area contributed by atoms with Gasteiger partial charge >= 0.3 is 5.97 Å². The third-order valence-electron chi connectivity index (χ3n) is 3.81. The van der Waals surface area contributed by atoms with Gasteiger partial charge in [-0.25, -0.2) is 0 Å². The van der Waals surface area contributed by atoms with E-state index in [2.05, 4.69) is 5.32 Å². The van der Waals surface area contributed by atoms with E-state index in [1.807, 2.05) is 12.1 Å². The number of likely N-dealkylation sites (N-methyl/N-ethyl adjacent to an activating group) is 1. The molecule has 122 valence electrons. The monoisotopic (exact) mass is 324 g/mol. The Balaban J connectivity index is 2.08. The molecule has 1 amide bonds. The minimum absolute atomic E-state index is 0.0730. The molecule has 0 fully saturated rings. The molecule has 0 bridgehead atoms. The fourth-order valence-corrected chi connectivity index (χ4v) is 2.64. The van der Waals surface area contributed by atoms with E-state index in [4.69, 9.17) is 4.74 Å². The molecule has 6 nitrogen and oxygen atoms in total. The summed E-state index contributed by atoms with van der Waals surface area (Å²) in [4.78, 5) is 35.9. The molecule has 3 aromatic rings. The lowest BCUT2D eigenvalue weighted by Gasteiger charge is -2.14. The van der Waals surface area contributed by atoms with Crippen LogP contribution in [0.5, 0.6) is 0 Å². The lowest BCUT2D eigenvalue weighted by Crippen LogP contribution is -2.26. The summed E-state index contributed by atoms with van der Waals surface area (Å²) in [6.45, 7) is -0.413. The van der Waals surface area contributed by atoms with Crippen molar-refractivity contribution in [3.63, 3.8) is 0 Å². The Morgan fingerprint density at radius 1 is 1.00 bits per heavy atom. The summed E-state index contributed by atoms with van der Waals surface area (Å²) in [5.41, 5.74) is 1.23. The molecule has 2 aromatic carbocycles. The van der Waals surface area contributed by atoms with E-state index in [0.717, 1.165) is 0 Å². The first-order valence-corrected chi connectivity index (χ1v) is 7.48. The molecule has 3 rings (SSSR count). The van der Waals surface area contributed by atoms with Crippen LogP contribution in [0.1, 0.15) is 0 Å². The van der Waals surface area contributed by atoms with Crippen molar-refractivity contribution >= 4 is 33.7 Å². The molecule has 0 spiro atoms. The Labute approximate surface area is 137 Å². The summed E-state index contributed by atoms with van der Waals surface area (Å²) >= 11 is 0. The Morgan fingerprint density at radius 2 is 1.54 bits per heavy atom. The van der Waals surface area contributed by atoms with Crippen LogP contribution in [0.25, 0.3) is 21.8 Å². The molecule has 1 heterocycles. The predicted octanol–water partition coefficient (Wildman–Crippen LogP) is 1.44. The quantitative estimate of drug-likeness (QED) is 0.582. The second kappa shape index (κ2) is 6.54. The van der Waals surface area contributed by atoms with Crippen LogP contribution in [0.15, 0.2) is 53.3 Å². The number of para-hydroxylation sites is 2. The highest BCUT2D eigenvalue weighted by Gasteiger charge is 2.14. The Morgan fingerprint density at radius 3 is 2.08 bits per heavy atom. The fraction of sp³-hybridized carbons (Fsp3) is 0.167. The summed E-state index contributed by atoms with van der Waals surface area (Å²) in [6, 6.07) is 14.2. The molecule has 0 aliphatic carbocycles. The predicted molar refractivity (Wildman–Crippen MR) is 90.7 cm³/mol. The molecule has 0 saturated heterocycles. The second-order valence-electron chi connectivity index (χ2n) is 5.28. The van der Waals surface area contributed by atoms with Crippen LogP contribution in [0.2, 0.25) is 0 Å². The molecule has 0 saturated carbocycles. The number of rotatable bonds is 4. The third kappa shape index (κ3) is 2.86. The van der Waals surface area contributed by atoms with Gasteiger partial charge in [-0.1, -0.05) is 24.3 Å². The number of ether oxygens (including phenoxy) is 1. The van der Waals surface area contributed by atoms with Crippen molar-refractivity contribution in [3.05, 3.63) is 58.8 Å². The number of carbonyl (C=O) groups is 2. The zero-order valence-corrected chi connectivity index (χ0v) is 13.1. The van der Waals surface area contributed by atoms with Gasteiger partial charge < -0.3 is 14.6 Å². The van der Waals surface area contributed by atoms with E-state index in [9.17, 15) is 14.4 Å². The van der Waals surface area contributed by atoms with E-state index < -0.39 is 5.97 Å². The van der Waals surface area contributed by atoms with Crippen molar-refractivity contribution in [2.45, 2.75) is 6.54 Å². The average molecular weight is 324 g/mol. The molecule has 0 aliphatic heterocycles. The maximum Gasteiger partial charge on any atom is 0.326 e. The lowest BCUT2D eigenvalue weighted by molar-refractivity contribution is -0.148. The Hall–Kier alpha value is -3.15. The van der Waals surface area contributed by atoms with Gasteiger partial charge in [-0.3, -0.25) is 14.4 Å². The van der Waals surface area contributed by atoms with Crippen LogP contribution < -0.4 is 10.7 Å². The van der Waals surface area contributed by atoms with Crippen LogP contribution in [-0.4, -0.2) is 30.1 Å². The van der Waals surface area contributed by atoms with E-state index in [-0.39, 0.29) is 24.5 Å². The number of benzene rings is 2. The van der Waals surface area contributed by atoms with E-state index in [0.29, 0.717) is 21.8 Å². The topological polar surface area (TPSA) is 77.4 Å². The Bertz CT molecular complexity index is 931. The highest BCUT2D eigenvalue weighted by atomic mass is 16.5. The highest BCUT2D eigenvalue weighted by Crippen LogP contribution is 2.19. The van der Waals surface area contributed by atoms with Crippen molar-refractivity contribution in [1.82, 2.24) is 9.88 Å². The number of nitrogens with zero attached hydrogens (tertiary/aromatic N) is 1. The maximum absolute atomic E-state index is 12.6. The van der Waals surface area contributed by atoms with Crippen LogP contribution >= 0.6 is 0 Å². The number of hydrogen-bond acceptors (Lipinski definition) is 4. The first-order chi connectivity index (χ1) is 11.6.